The third-order valence-corrected chi connectivity index (χ3v) is 5.05. The van der Waals surface area contributed by atoms with Gasteiger partial charge in [0.05, 0.1) is 6.42 Å². The lowest BCUT2D eigenvalue weighted by Crippen LogP contribution is -2.50. The highest BCUT2D eigenvalue weighted by atomic mass is 19.1. The third-order valence-electron chi connectivity index (χ3n) is 5.05. The zero-order valence-corrected chi connectivity index (χ0v) is 17.2. The molecule has 2 amide bonds. The summed E-state index contributed by atoms with van der Waals surface area (Å²) in [5, 5.41) is 2.64. The molecule has 0 aliphatic rings. The third kappa shape index (κ3) is 6.22. The molecule has 1 N–H and O–H groups in total. The first-order valence-corrected chi connectivity index (χ1v) is 10.00. The second-order valence-corrected chi connectivity index (χ2v) is 7.27. The van der Waals surface area contributed by atoms with Gasteiger partial charge in [-0.25, -0.2) is 8.78 Å². The molecule has 0 saturated carbocycles. The van der Waals surface area contributed by atoms with Gasteiger partial charge in [0.25, 0.3) is 0 Å². The van der Waals surface area contributed by atoms with Crippen LogP contribution in [0.25, 0.3) is 0 Å². The minimum absolute atomic E-state index is 0.0176. The Hall–Kier alpha value is -3.54. The molecule has 6 heteroatoms. The number of carbonyl (C=O) groups excluding carboxylic acids is 2. The van der Waals surface area contributed by atoms with Crippen LogP contribution in [0.3, 0.4) is 0 Å². The molecule has 0 spiro atoms. The Morgan fingerprint density at radius 2 is 1.35 bits per heavy atom. The number of likely N-dealkylation sites (N-methyl/N-ethyl adjacent to an activating group) is 1. The molecule has 160 valence electrons. The second kappa shape index (κ2) is 10.5. The molecule has 0 heterocycles. The van der Waals surface area contributed by atoms with Crippen molar-refractivity contribution >= 4 is 11.8 Å². The quantitative estimate of drug-likeness (QED) is 0.599. The van der Waals surface area contributed by atoms with Crippen LogP contribution in [-0.2, 0) is 29.0 Å². The number of carbonyl (C=O) groups is 2. The van der Waals surface area contributed by atoms with Crippen LogP contribution < -0.4 is 5.32 Å². The van der Waals surface area contributed by atoms with Crippen molar-refractivity contribution < 1.29 is 18.4 Å². The molecule has 0 aliphatic carbocycles. The first-order chi connectivity index (χ1) is 15.0. The monoisotopic (exact) mass is 422 g/mol. The molecule has 0 saturated heterocycles. The fourth-order valence-corrected chi connectivity index (χ4v) is 3.39. The van der Waals surface area contributed by atoms with Gasteiger partial charge in [-0.1, -0.05) is 54.6 Å². The summed E-state index contributed by atoms with van der Waals surface area (Å²) >= 11 is 0. The van der Waals surface area contributed by atoms with E-state index in [9.17, 15) is 18.4 Å². The molecular formula is C25H24F2N2O2. The van der Waals surface area contributed by atoms with E-state index in [2.05, 4.69) is 5.32 Å². The van der Waals surface area contributed by atoms with Gasteiger partial charge in [-0.2, -0.15) is 0 Å². The molecule has 0 fully saturated rings. The molecule has 4 nitrogen and oxygen atoms in total. The molecule has 3 aromatic carbocycles. The standard InChI is InChI=1S/C25H24F2N2O2/c1-28-25(31)23(15-18-5-3-2-4-6-18)29(17-20-9-13-22(27)14-10-20)24(30)16-19-7-11-21(26)12-8-19/h2-14,23H,15-17H2,1H3,(H,28,31). The first-order valence-electron chi connectivity index (χ1n) is 10.00. The Kier molecular flexibility index (Phi) is 7.49. The molecule has 0 bridgehead atoms. The number of rotatable bonds is 8. The largest absolute Gasteiger partial charge is 0.357 e. The second-order valence-electron chi connectivity index (χ2n) is 7.27. The highest BCUT2D eigenvalue weighted by Crippen LogP contribution is 2.17. The van der Waals surface area contributed by atoms with Crippen molar-refractivity contribution in [3.63, 3.8) is 0 Å². The highest BCUT2D eigenvalue weighted by molar-refractivity contribution is 5.88. The zero-order valence-electron chi connectivity index (χ0n) is 17.2. The predicted molar refractivity (Wildman–Crippen MR) is 115 cm³/mol. The predicted octanol–water partition coefficient (Wildman–Crippen LogP) is 3.89. The summed E-state index contributed by atoms with van der Waals surface area (Å²) in [5.74, 6) is -1.33. The molecule has 1 unspecified atom stereocenters. The Morgan fingerprint density at radius 3 is 1.90 bits per heavy atom. The van der Waals surface area contributed by atoms with E-state index < -0.39 is 6.04 Å². The molecule has 31 heavy (non-hydrogen) atoms. The van der Waals surface area contributed by atoms with E-state index in [-0.39, 0.29) is 36.4 Å². The van der Waals surface area contributed by atoms with E-state index in [1.165, 1.54) is 36.2 Å². The van der Waals surface area contributed by atoms with Crippen molar-refractivity contribution in [2.24, 2.45) is 0 Å². The van der Waals surface area contributed by atoms with Crippen LogP contribution in [-0.4, -0.2) is 29.8 Å². The van der Waals surface area contributed by atoms with Gasteiger partial charge in [0.15, 0.2) is 0 Å². The van der Waals surface area contributed by atoms with E-state index in [4.69, 9.17) is 0 Å². The van der Waals surface area contributed by atoms with Gasteiger partial charge in [-0.15, -0.1) is 0 Å². The number of hydrogen-bond acceptors (Lipinski definition) is 2. The van der Waals surface area contributed by atoms with Gasteiger partial charge < -0.3 is 10.2 Å². The molecule has 0 radical (unpaired) electrons. The molecule has 3 aromatic rings. The Bertz CT molecular complexity index is 1010. The summed E-state index contributed by atoms with van der Waals surface area (Å²) in [6.45, 7) is 0.144. The fourth-order valence-electron chi connectivity index (χ4n) is 3.39. The van der Waals surface area contributed by atoms with Crippen molar-refractivity contribution in [3.8, 4) is 0 Å². The molecular weight excluding hydrogens is 398 g/mol. The summed E-state index contributed by atoms with van der Waals surface area (Å²) in [6.07, 6.45) is 0.348. The SMILES string of the molecule is CNC(=O)C(Cc1ccccc1)N(Cc1ccc(F)cc1)C(=O)Cc1ccc(F)cc1. The lowest BCUT2D eigenvalue weighted by molar-refractivity contribution is -0.140. The van der Waals surface area contributed by atoms with Gasteiger partial charge in [0.1, 0.15) is 17.7 Å². The summed E-state index contributed by atoms with van der Waals surface area (Å²) in [7, 11) is 1.53. The van der Waals surface area contributed by atoms with Crippen molar-refractivity contribution in [1.82, 2.24) is 10.2 Å². The van der Waals surface area contributed by atoms with Gasteiger partial charge in [-0.05, 0) is 41.0 Å². The lowest BCUT2D eigenvalue weighted by Gasteiger charge is -2.31. The maximum atomic E-state index is 13.4. The number of nitrogens with one attached hydrogen (secondary N) is 1. The average Bonchev–Trinajstić information content (AvgIpc) is 2.79. The zero-order chi connectivity index (χ0) is 22.2. The first kappa shape index (κ1) is 22.2. The van der Waals surface area contributed by atoms with E-state index in [1.807, 2.05) is 30.3 Å². The maximum absolute atomic E-state index is 13.4. The number of hydrogen-bond donors (Lipinski definition) is 1. The number of amides is 2. The van der Waals surface area contributed by atoms with Crippen molar-refractivity contribution in [1.29, 1.82) is 0 Å². The smallest absolute Gasteiger partial charge is 0.242 e. The molecule has 0 aliphatic heterocycles. The lowest BCUT2D eigenvalue weighted by atomic mass is 10.0. The van der Waals surface area contributed by atoms with Crippen LogP contribution in [0.1, 0.15) is 16.7 Å². The summed E-state index contributed by atoms with van der Waals surface area (Å²) < 4.78 is 26.6. The fraction of sp³-hybridized carbons (Fsp3) is 0.200. The molecule has 0 aromatic heterocycles. The molecule has 1 atom stereocenters. The topological polar surface area (TPSA) is 49.4 Å². The van der Waals surface area contributed by atoms with Gasteiger partial charge in [0, 0.05) is 20.0 Å². The summed E-state index contributed by atoms with van der Waals surface area (Å²) in [6, 6.07) is 20.2. The Labute approximate surface area is 180 Å². The highest BCUT2D eigenvalue weighted by Gasteiger charge is 2.29. The molecule has 3 rings (SSSR count). The maximum Gasteiger partial charge on any atom is 0.242 e. The van der Waals surface area contributed by atoms with Crippen LogP contribution >= 0.6 is 0 Å². The van der Waals surface area contributed by atoms with Crippen molar-refractivity contribution in [2.45, 2.75) is 25.4 Å². The van der Waals surface area contributed by atoms with Crippen LogP contribution in [0.4, 0.5) is 8.78 Å². The van der Waals surface area contributed by atoms with Crippen molar-refractivity contribution in [2.75, 3.05) is 7.05 Å². The average molecular weight is 422 g/mol. The Morgan fingerprint density at radius 1 is 0.806 bits per heavy atom. The van der Waals surface area contributed by atoms with Crippen LogP contribution in [0, 0.1) is 11.6 Å². The van der Waals surface area contributed by atoms with E-state index >= 15 is 0 Å². The number of benzene rings is 3. The minimum Gasteiger partial charge on any atom is -0.357 e. The Balaban J connectivity index is 1.92. The normalized spacial score (nSPS) is 11.6. The van der Waals surface area contributed by atoms with Crippen LogP contribution in [0.5, 0.6) is 0 Å². The number of nitrogens with zero attached hydrogens (tertiary/aromatic N) is 1. The van der Waals surface area contributed by atoms with E-state index in [0.717, 1.165) is 5.56 Å². The summed E-state index contributed by atoms with van der Waals surface area (Å²) in [4.78, 5) is 27.6. The van der Waals surface area contributed by atoms with Gasteiger partial charge >= 0.3 is 0 Å². The summed E-state index contributed by atoms with van der Waals surface area (Å²) in [5.41, 5.74) is 2.26. The van der Waals surface area contributed by atoms with Gasteiger partial charge in [-0.3, -0.25) is 9.59 Å². The van der Waals surface area contributed by atoms with Crippen molar-refractivity contribution in [3.05, 3.63) is 107 Å². The van der Waals surface area contributed by atoms with Crippen LogP contribution in [0.15, 0.2) is 78.9 Å². The van der Waals surface area contributed by atoms with E-state index in [1.54, 1.807) is 24.3 Å². The van der Waals surface area contributed by atoms with Crippen LogP contribution in [0.2, 0.25) is 0 Å². The minimum atomic E-state index is -0.759. The number of halogens is 2. The van der Waals surface area contributed by atoms with Gasteiger partial charge in [0.2, 0.25) is 11.8 Å². The van der Waals surface area contributed by atoms with E-state index in [0.29, 0.717) is 17.5 Å².